The summed E-state index contributed by atoms with van der Waals surface area (Å²) in [5, 5.41) is 9.91. The maximum Gasteiger partial charge on any atom is 0.248 e. The minimum Gasteiger partial charge on any atom is -0.338 e. The Hall–Kier alpha value is -2.14. The molecule has 1 atom stereocenters. The van der Waals surface area contributed by atoms with Crippen molar-refractivity contribution in [3.05, 3.63) is 46.6 Å². The highest BCUT2D eigenvalue weighted by atomic mass is 16.5. The monoisotopic (exact) mass is 271 g/mol. The fourth-order valence-corrected chi connectivity index (χ4v) is 2.45. The molecule has 1 aliphatic heterocycles. The second kappa shape index (κ2) is 5.09. The number of nitrogens with one attached hydrogen (secondary N) is 2. The highest BCUT2D eigenvalue weighted by Gasteiger charge is 2.27. The molecule has 3 rings (SSSR count). The van der Waals surface area contributed by atoms with E-state index in [0.29, 0.717) is 5.88 Å². The Balaban J connectivity index is 1.84. The van der Waals surface area contributed by atoms with Crippen LogP contribution in [-0.2, 0) is 11.2 Å². The van der Waals surface area contributed by atoms with Crippen molar-refractivity contribution in [2.75, 3.05) is 11.9 Å². The van der Waals surface area contributed by atoms with Gasteiger partial charge < -0.3 is 9.84 Å². The number of amides is 1. The molecule has 0 bridgehead atoms. The molecule has 0 saturated heterocycles. The number of fused-ring (bicyclic) bond motifs is 1. The van der Waals surface area contributed by atoms with Gasteiger partial charge in [-0.2, -0.15) is 0 Å². The smallest absolute Gasteiger partial charge is 0.248 e. The molecule has 1 aromatic carbocycles. The Kier molecular flexibility index (Phi) is 3.28. The highest BCUT2D eigenvalue weighted by molar-refractivity contribution is 5.95. The maximum atomic E-state index is 12.4. The van der Waals surface area contributed by atoms with E-state index in [9.17, 15) is 4.79 Å². The van der Waals surface area contributed by atoms with Crippen LogP contribution in [0, 0.1) is 13.8 Å². The van der Waals surface area contributed by atoms with Crippen molar-refractivity contribution >= 4 is 11.8 Å². The van der Waals surface area contributed by atoms with Gasteiger partial charge in [0.15, 0.2) is 0 Å². The third kappa shape index (κ3) is 2.20. The molecular formula is C15H17N3O2. The summed E-state index contributed by atoms with van der Waals surface area (Å²) in [7, 11) is 0. The topological polar surface area (TPSA) is 67.2 Å². The number of nitrogens with zero attached hydrogens (tertiary/aromatic N) is 1. The lowest BCUT2D eigenvalue weighted by atomic mass is 9.94. The molecule has 0 aliphatic carbocycles. The van der Waals surface area contributed by atoms with Crippen molar-refractivity contribution in [1.82, 2.24) is 10.5 Å². The summed E-state index contributed by atoms with van der Waals surface area (Å²) >= 11 is 0. The van der Waals surface area contributed by atoms with Gasteiger partial charge in [-0.05, 0) is 31.4 Å². The average Bonchev–Trinajstić information content (AvgIpc) is 2.78. The van der Waals surface area contributed by atoms with E-state index in [1.54, 1.807) is 0 Å². The van der Waals surface area contributed by atoms with Gasteiger partial charge in [0.25, 0.3) is 0 Å². The second-order valence-electron chi connectivity index (χ2n) is 5.05. The molecular weight excluding hydrogens is 254 g/mol. The van der Waals surface area contributed by atoms with E-state index in [1.165, 1.54) is 5.56 Å². The zero-order chi connectivity index (χ0) is 14.1. The minimum absolute atomic E-state index is 0.114. The van der Waals surface area contributed by atoms with Gasteiger partial charge in [-0.25, -0.2) is 0 Å². The highest BCUT2D eigenvalue weighted by Crippen LogP contribution is 2.25. The van der Waals surface area contributed by atoms with Crippen LogP contribution in [0.25, 0.3) is 0 Å². The van der Waals surface area contributed by atoms with Gasteiger partial charge in [0.2, 0.25) is 11.8 Å². The van der Waals surface area contributed by atoms with Crippen LogP contribution < -0.4 is 10.6 Å². The number of aryl methyl sites for hydroxylation is 1. The summed E-state index contributed by atoms with van der Waals surface area (Å²) in [6.45, 7) is 4.52. The first-order chi connectivity index (χ1) is 9.66. The number of carbonyl (C=O) groups is 1. The van der Waals surface area contributed by atoms with Crippen molar-refractivity contribution < 1.29 is 9.32 Å². The van der Waals surface area contributed by atoms with Crippen LogP contribution in [-0.4, -0.2) is 17.6 Å². The van der Waals surface area contributed by atoms with Crippen LogP contribution >= 0.6 is 0 Å². The Morgan fingerprint density at radius 2 is 2.20 bits per heavy atom. The number of carbonyl (C=O) groups excluding carboxylic acids is 1. The third-order valence-corrected chi connectivity index (χ3v) is 3.76. The molecule has 0 fully saturated rings. The van der Waals surface area contributed by atoms with Crippen molar-refractivity contribution in [1.29, 1.82) is 0 Å². The molecule has 1 aliphatic rings. The van der Waals surface area contributed by atoms with E-state index >= 15 is 0 Å². The number of hydrogen-bond donors (Lipinski definition) is 2. The molecule has 0 radical (unpaired) electrons. The minimum atomic E-state index is -0.343. The van der Waals surface area contributed by atoms with Gasteiger partial charge in [-0.15, -0.1) is 0 Å². The zero-order valence-electron chi connectivity index (χ0n) is 11.6. The standard InChI is InChI=1S/C15H17N3O2/c1-9-10(2)18-20-15(9)17-14(19)13-12-6-4-3-5-11(12)7-8-16-13/h3-6,13,16H,7-8H2,1-2H3,(H,17,19). The van der Waals surface area contributed by atoms with Gasteiger partial charge in [-0.3, -0.25) is 10.1 Å². The van der Waals surface area contributed by atoms with Crippen LogP contribution in [0.3, 0.4) is 0 Å². The van der Waals surface area contributed by atoms with Crippen molar-refractivity contribution in [3.8, 4) is 0 Å². The van der Waals surface area contributed by atoms with Crippen LogP contribution in [0.1, 0.15) is 28.4 Å². The summed E-state index contributed by atoms with van der Waals surface area (Å²) < 4.78 is 5.13. The summed E-state index contributed by atoms with van der Waals surface area (Å²) in [6.07, 6.45) is 0.945. The van der Waals surface area contributed by atoms with Crippen LogP contribution in [0.5, 0.6) is 0 Å². The molecule has 20 heavy (non-hydrogen) atoms. The number of aromatic nitrogens is 1. The van der Waals surface area contributed by atoms with E-state index in [0.717, 1.165) is 29.8 Å². The Bertz CT molecular complexity index is 648. The van der Waals surface area contributed by atoms with Gasteiger partial charge in [0.1, 0.15) is 6.04 Å². The molecule has 104 valence electrons. The predicted octanol–water partition coefficient (Wildman–Crippen LogP) is 2.12. The molecule has 1 amide bonds. The van der Waals surface area contributed by atoms with Gasteiger partial charge >= 0.3 is 0 Å². The van der Waals surface area contributed by atoms with E-state index < -0.39 is 0 Å². The molecule has 5 heteroatoms. The van der Waals surface area contributed by atoms with Crippen LogP contribution in [0.2, 0.25) is 0 Å². The van der Waals surface area contributed by atoms with E-state index in [-0.39, 0.29) is 11.9 Å². The first kappa shape index (κ1) is 12.9. The first-order valence-electron chi connectivity index (χ1n) is 6.71. The lowest BCUT2D eigenvalue weighted by Crippen LogP contribution is -2.38. The second-order valence-corrected chi connectivity index (χ2v) is 5.05. The summed E-state index contributed by atoms with van der Waals surface area (Å²) in [5.41, 5.74) is 3.90. The van der Waals surface area contributed by atoms with Crippen molar-refractivity contribution in [3.63, 3.8) is 0 Å². The lowest BCUT2D eigenvalue weighted by molar-refractivity contribution is -0.118. The molecule has 1 aromatic heterocycles. The van der Waals surface area contributed by atoms with Crippen molar-refractivity contribution in [2.45, 2.75) is 26.3 Å². The van der Waals surface area contributed by atoms with E-state index in [1.807, 2.05) is 32.0 Å². The maximum absolute atomic E-state index is 12.4. The quantitative estimate of drug-likeness (QED) is 0.878. The summed E-state index contributed by atoms with van der Waals surface area (Å²) in [4.78, 5) is 12.4. The van der Waals surface area contributed by atoms with Crippen LogP contribution in [0.15, 0.2) is 28.8 Å². The number of benzene rings is 1. The number of hydrogen-bond acceptors (Lipinski definition) is 4. The Morgan fingerprint density at radius 3 is 2.95 bits per heavy atom. The SMILES string of the molecule is Cc1noc(NC(=O)C2NCCc3ccccc32)c1C. The van der Waals surface area contributed by atoms with Gasteiger partial charge in [0.05, 0.1) is 5.69 Å². The molecule has 0 saturated carbocycles. The number of rotatable bonds is 2. The summed E-state index contributed by atoms with van der Waals surface area (Å²) in [5.74, 6) is 0.314. The molecule has 0 spiro atoms. The Labute approximate surface area is 117 Å². The molecule has 2 aromatic rings. The first-order valence-corrected chi connectivity index (χ1v) is 6.71. The van der Waals surface area contributed by atoms with E-state index in [2.05, 4.69) is 21.9 Å². The third-order valence-electron chi connectivity index (χ3n) is 3.76. The fourth-order valence-electron chi connectivity index (χ4n) is 2.45. The van der Waals surface area contributed by atoms with Crippen LogP contribution in [0.4, 0.5) is 5.88 Å². The number of anilines is 1. The molecule has 2 heterocycles. The predicted molar refractivity (Wildman–Crippen MR) is 75.5 cm³/mol. The van der Waals surface area contributed by atoms with Gasteiger partial charge in [0, 0.05) is 12.1 Å². The molecule has 2 N–H and O–H groups in total. The lowest BCUT2D eigenvalue weighted by Gasteiger charge is -2.25. The largest absolute Gasteiger partial charge is 0.338 e. The normalized spacial score (nSPS) is 17.6. The molecule has 5 nitrogen and oxygen atoms in total. The average molecular weight is 271 g/mol. The van der Waals surface area contributed by atoms with E-state index in [4.69, 9.17) is 4.52 Å². The Morgan fingerprint density at radius 1 is 1.40 bits per heavy atom. The fraction of sp³-hybridized carbons (Fsp3) is 0.333. The molecule has 1 unspecified atom stereocenters. The van der Waals surface area contributed by atoms with Crippen molar-refractivity contribution in [2.24, 2.45) is 0 Å². The zero-order valence-corrected chi connectivity index (χ0v) is 11.6. The van der Waals surface area contributed by atoms with Gasteiger partial charge in [-0.1, -0.05) is 29.4 Å². The summed E-state index contributed by atoms with van der Waals surface area (Å²) in [6, 6.07) is 7.67.